The molecule has 0 atom stereocenters. The van der Waals surface area contributed by atoms with Crippen molar-refractivity contribution >= 4 is 10.8 Å². The average Bonchev–Trinajstić information content (AvgIpc) is 2.61. The highest BCUT2D eigenvalue weighted by Crippen LogP contribution is 2.25. The lowest BCUT2D eigenvalue weighted by atomic mass is 9.93. The first kappa shape index (κ1) is 16.3. The molecule has 2 aromatic carbocycles. The molecule has 2 aromatic rings. The predicted octanol–water partition coefficient (Wildman–Crippen LogP) is 3.54. The van der Waals surface area contributed by atoms with Crippen LogP contribution in [0.4, 0.5) is 0 Å². The predicted molar refractivity (Wildman–Crippen MR) is 97.2 cm³/mol. The molecule has 3 heteroatoms. The molecule has 1 fully saturated rings. The molecule has 0 radical (unpaired) electrons. The van der Waals surface area contributed by atoms with Gasteiger partial charge in [-0.25, -0.2) is 0 Å². The van der Waals surface area contributed by atoms with Crippen LogP contribution in [0.25, 0.3) is 10.8 Å². The molecule has 1 aliphatic heterocycles. The van der Waals surface area contributed by atoms with Crippen molar-refractivity contribution in [1.29, 1.82) is 0 Å². The maximum Gasteiger partial charge on any atom is 0.127 e. The molecule has 0 bridgehead atoms. The van der Waals surface area contributed by atoms with Gasteiger partial charge in [0.1, 0.15) is 12.4 Å². The summed E-state index contributed by atoms with van der Waals surface area (Å²) in [4.78, 5) is 2.54. The van der Waals surface area contributed by atoms with Crippen LogP contribution in [0, 0.1) is 5.92 Å². The van der Waals surface area contributed by atoms with E-state index in [-0.39, 0.29) is 0 Å². The molecule has 1 N–H and O–H groups in total. The van der Waals surface area contributed by atoms with Gasteiger partial charge in [-0.3, -0.25) is 4.90 Å². The monoisotopic (exact) mass is 312 g/mol. The fourth-order valence-corrected chi connectivity index (χ4v) is 3.45. The van der Waals surface area contributed by atoms with E-state index in [0.29, 0.717) is 0 Å². The maximum absolute atomic E-state index is 6.06. The molecule has 3 rings (SSSR count). The second-order valence-corrected chi connectivity index (χ2v) is 6.50. The van der Waals surface area contributed by atoms with Crippen LogP contribution < -0.4 is 10.1 Å². The Morgan fingerprint density at radius 2 is 1.87 bits per heavy atom. The Morgan fingerprint density at radius 1 is 1.09 bits per heavy atom. The van der Waals surface area contributed by atoms with Crippen LogP contribution in [-0.4, -0.2) is 44.7 Å². The van der Waals surface area contributed by atoms with E-state index >= 15 is 0 Å². The number of hydrogen-bond acceptors (Lipinski definition) is 3. The van der Waals surface area contributed by atoms with Gasteiger partial charge in [0.15, 0.2) is 0 Å². The summed E-state index contributed by atoms with van der Waals surface area (Å²) < 4.78 is 6.06. The average molecular weight is 312 g/mol. The van der Waals surface area contributed by atoms with Crippen LogP contribution in [0.3, 0.4) is 0 Å². The lowest BCUT2D eigenvalue weighted by Gasteiger charge is -2.31. The van der Waals surface area contributed by atoms with Crippen LogP contribution in [-0.2, 0) is 0 Å². The first-order valence-electron chi connectivity index (χ1n) is 8.84. The first-order valence-corrected chi connectivity index (χ1v) is 8.84. The largest absolute Gasteiger partial charge is 0.492 e. The summed E-state index contributed by atoms with van der Waals surface area (Å²) in [6, 6.07) is 14.7. The Bertz CT molecular complexity index is 600. The summed E-state index contributed by atoms with van der Waals surface area (Å²) >= 11 is 0. The quantitative estimate of drug-likeness (QED) is 0.846. The lowest BCUT2D eigenvalue weighted by Crippen LogP contribution is -2.37. The maximum atomic E-state index is 6.06. The van der Waals surface area contributed by atoms with Crippen LogP contribution in [0.1, 0.15) is 19.3 Å². The number of nitrogens with zero attached hydrogens (tertiary/aromatic N) is 1. The van der Waals surface area contributed by atoms with Crippen molar-refractivity contribution in [1.82, 2.24) is 10.2 Å². The minimum absolute atomic E-state index is 0.773. The molecule has 1 saturated heterocycles. The van der Waals surface area contributed by atoms with Gasteiger partial charge >= 0.3 is 0 Å². The topological polar surface area (TPSA) is 24.5 Å². The molecule has 0 spiro atoms. The fraction of sp³-hybridized carbons (Fsp3) is 0.500. The molecule has 1 aliphatic rings. The number of fused-ring (bicyclic) bond motifs is 1. The van der Waals surface area contributed by atoms with Crippen LogP contribution in [0.5, 0.6) is 5.75 Å². The van der Waals surface area contributed by atoms with E-state index in [4.69, 9.17) is 4.74 Å². The van der Waals surface area contributed by atoms with Gasteiger partial charge in [-0.2, -0.15) is 0 Å². The number of benzene rings is 2. The molecular formula is C20H28N2O. The van der Waals surface area contributed by atoms with Crippen molar-refractivity contribution in [3.05, 3.63) is 42.5 Å². The number of piperidine rings is 1. The summed E-state index contributed by atoms with van der Waals surface area (Å²) in [6.45, 7) is 5.38. The third-order valence-electron chi connectivity index (χ3n) is 4.92. The Balaban J connectivity index is 1.45. The lowest BCUT2D eigenvalue weighted by molar-refractivity contribution is 0.152. The minimum atomic E-state index is 0.773. The Labute approximate surface area is 139 Å². The van der Waals surface area contributed by atoms with E-state index in [2.05, 4.69) is 52.7 Å². The van der Waals surface area contributed by atoms with Gasteiger partial charge in [0.25, 0.3) is 0 Å². The second-order valence-electron chi connectivity index (χ2n) is 6.50. The molecule has 23 heavy (non-hydrogen) atoms. The minimum Gasteiger partial charge on any atom is -0.492 e. The molecule has 0 amide bonds. The fourth-order valence-electron chi connectivity index (χ4n) is 3.45. The number of hydrogen-bond donors (Lipinski definition) is 1. The highest BCUT2D eigenvalue weighted by Gasteiger charge is 2.18. The molecule has 0 aromatic heterocycles. The van der Waals surface area contributed by atoms with Crippen molar-refractivity contribution in [3.63, 3.8) is 0 Å². The van der Waals surface area contributed by atoms with E-state index in [9.17, 15) is 0 Å². The first-order chi connectivity index (χ1) is 11.4. The summed E-state index contributed by atoms with van der Waals surface area (Å²) in [7, 11) is 2.04. The normalized spacial score (nSPS) is 16.7. The van der Waals surface area contributed by atoms with E-state index in [1.165, 1.54) is 43.1 Å². The Hall–Kier alpha value is -1.58. The molecule has 0 unspecified atom stereocenters. The van der Waals surface area contributed by atoms with Crippen molar-refractivity contribution in [2.75, 3.05) is 39.8 Å². The molecular weight excluding hydrogens is 284 g/mol. The van der Waals surface area contributed by atoms with Gasteiger partial charge in [0.05, 0.1) is 0 Å². The molecule has 124 valence electrons. The van der Waals surface area contributed by atoms with E-state index in [1.807, 2.05) is 7.05 Å². The summed E-state index contributed by atoms with van der Waals surface area (Å²) in [5.74, 6) is 1.91. The van der Waals surface area contributed by atoms with Crippen molar-refractivity contribution in [3.8, 4) is 5.75 Å². The van der Waals surface area contributed by atoms with E-state index < -0.39 is 0 Å². The number of nitrogens with one attached hydrogen (secondary N) is 1. The number of likely N-dealkylation sites (tertiary alicyclic amines) is 1. The summed E-state index contributed by atoms with van der Waals surface area (Å²) in [6.07, 6.45) is 3.97. The standard InChI is InChI=1S/C20H28N2O/c1-21-12-9-17-10-13-22(14-11-17)15-16-23-20-8-4-6-18-5-2-3-7-19(18)20/h2-8,17,21H,9-16H2,1H3. The van der Waals surface area contributed by atoms with Crippen molar-refractivity contribution in [2.24, 2.45) is 5.92 Å². The number of ether oxygens (including phenoxy) is 1. The summed E-state index contributed by atoms with van der Waals surface area (Å²) in [5.41, 5.74) is 0. The van der Waals surface area contributed by atoms with Gasteiger partial charge in [-0.1, -0.05) is 36.4 Å². The van der Waals surface area contributed by atoms with Gasteiger partial charge < -0.3 is 10.1 Å². The molecule has 1 heterocycles. The highest BCUT2D eigenvalue weighted by atomic mass is 16.5. The van der Waals surface area contributed by atoms with Gasteiger partial charge in [-0.05, 0) is 63.3 Å². The zero-order valence-corrected chi connectivity index (χ0v) is 14.1. The number of rotatable bonds is 7. The molecule has 0 aliphatic carbocycles. The van der Waals surface area contributed by atoms with Gasteiger partial charge in [0, 0.05) is 11.9 Å². The summed E-state index contributed by atoms with van der Waals surface area (Å²) in [5, 5.41) is 5.71. The zero-order valence-electron chi connectivity index (χ0n) is 14.1. The third kappa shape index (κ3) is 4.46. The third-order valence-corrected chi connectivity index (χ3v) is 4.92. The zero-order chi connectivity index (χ0) is 15.9. The van der Waals surface area contributed by atoms with Crippen molar-refractivity contribution in [2.45, 2.75) is 19.3 Å². The van der Waals surface area contributed by atoms with E-state index in [1.54, 1.807) is 0 Å². The Kier molecular flexibility index (Phi) is 5.89. The Morgan fingerprint density at radius 3 is 2.70 bits per heavy atom. The smallest absolute Gasteiger partial charge is 0.127 e. The van der Waals surface area contributed by atoms with E-state index in [0.717, 1.165) is 31.4 Å². The second kappa shape index (κ2) is 8.32. The van der Waals surface area contributed by atoms with Crippen LogP contribution in [0.15, 0.2) is 42.5 Å². The van der Waals surface area contributed by atoms with Crippen molar-refractivity contribution < 1.29 is 4.74 Å². The molecule has 0 saturated carbocycles. The van der Waals surface area contributed by atoms with Crippen LogP contribution >= 0.6 is 0 Å². The molecule has 3 nitrogen and oxygen atoms in total. The van der Waals surface area contributed by atoms with Crippen LogP contribution in [0.2, 0.25) is 0 Å². The van der Waals surface area contributed by atoms with Gasteiger partial charge in [0.2, 0.25) is 0 Å². The SMILES string of the molecule is CNCCC1CCN(CCOc2cccc3ccccc23)CC1. The highest BCUT2D eigenvalue weighted by molar-refractivity contribution is 5.88. The van der Waals surface area contributed by atoms with Gasteiger partial charge in [-0.15, -0.1) is 0 Å².